The first kappa shape index (κ1) is 53.3. The van der Waals surface area contributed by atoms with E-state index in [4.69, 9.17) is 33.8 Å². The number of benzene rings is 1. The van der Waals surface area contributed by atoms with E-state index in [-0.39, 0.29) is 70.1 Å². The summed E-state index contributed by atoms with van der Waals surface area (Å²) in [4.78, 5) is 74.2. The molecule has 0 bridgehead atoms. The summed E-state index contributed by atoms with van der Waals surface area (Å²) in [6.45, 7) is 19.9. The minimum atomic E-state index is -4.20. The van der Waals surface area contributed by atoms with Crippen molar-refractivity contribution in [1.29, 1.82) is 5.41 Å². The lowest BCUT2D eigenvalue weighted by molar-refractivity contribution is -0.159. The van der Waals surface area contributed by atoms with E-state index < -0.39 is 75.3 Å². The van der Waals surface area contributed by atoms with Gasteiger partial charge in [0, 0.05) is 25.2 Å². The molecule has 21 heteroatoms. The summed E-state index contributed by atoms with van der Waals surface area (Å²) in [5.41, 5.74) is 1.25. The maximum absolute atomic E-state index is 13.7. The van der Waals surface area contributed by atoms with E-state index >= 15 is 0 Å². The van der Waals surface area contributed by atoms with Crippen LogP contribution in [-0.2, 0) is 59.3 Å². The van der Waals surface area contributed by atoms with Gasteiger partial charge in [-0.2, -0.15) is 0 Å². The number of hydrogen-bond donors (Lipinski definition) is 6. The third kappa shape index (κ3) is 18.6. The highest BCUT2D eigenvalue weighted by molar-refractivity contribution is 7.90. The molecule has 6 N–H and O–H groups in total. The molecule has 1 aliphatic heterocycles. The molecule has 2 atom stereocenters. The lowest BCUT2D eigenvalue weighted by atomic mass is 9.88. The second-order valence-electron chi connectivity index (χ2n) is 16.2. The van der Waals surface area contributed by atoms with Gasteiger partial charge >= 0.3 is 30.1 Å². The van der Waals surface area contributed by atoms with E-state index in [0.717, 1.165) is 17.7 Å². The van der Waals surface area contributed by atoms with Crippen LogP contribution >= 0.6 is 0 Å². The highest BCUT2D eigenvalue weighted by atomic mass is 32.2. The standard InChI is InChI=1S/C42H64N6O14S/c1-11-32(49)57-22-24-59-39(53)45-20-14-13-16-30(47-40(54)60-25-23-58-33(50)12-2)36(51)46-31(37(52)62-41(6,7)8)17-15-21-44-38(43)48-63(55,56)35-27(4)26(3)34-29(28(35)5)18-19-42(9,10)61-34/h11-12,30-31H,1-2,13-25H2,3-10H3,(H,45,53)(H,46,51)(H,47,54)(H3,43,44,48)/t30-,31-/m0/s1. The molecule has 352 valence electrons. The monoisotopic (exact) mass is 908 g/mol. The second kappa shape index (κ2) is 24.7. The molecule has 0 unspecified atom stereocenters. The van der Waals surface area contributed by atoms with Gasteiger partial charge in [0.15, 0.2) is 0 Å². The molecule has 63 heavy (non-hydrogen) atoms. The third-order valence-corrected chi connectivity index (χ3v) is 11.0. The van der Waals surface area contributed by atoms with Crippen LogP contribution in [0.5, 0.6) is 5.75 Å². The van der Waals surface area contributed by atoms with Gasteiger partial charge in [-0.25, -0.2) is 37.1 Å². The lowest BCUT2D eigenvalue weighted by Gasteiger charge is -2.35. The number of alkyl carbamates (subject to hydrolysis) is 2. The number of rotatable bonds is 23. The molecule has 0 saturated heterocycles. The van der Waals surface area contributed by atoms with Crippen molar-refractivity contribution < 1.29 is 65.6 Å². The zero-order chi connectivity index (χ0) is 47.5. The quantitative estimate of drug-likeness (QED) is 0.0229. The Hall–Kier alpha value is -5.86. The van der Waals surface area contributed by atoms with Crippen LogP contribution in [0.1, 0.15) is 95.4 Å². The van der Waals surface area contributed by atoms with Crippen molar-refractivity contribution in [1.82, 2.24) is 26.0 Å². The number of ether oxygens (including phenoxy) is 6. The van der Waals surface area contributed by atoms with Gasteiger partial charge in [-0.05, 0) is 123 Å². The SMILES string of the molecule is C=CC(=O)OCCOC(=O)NCCCC[C@H](NC(=O)OCCOC(=O)C=C)C(=O)N[C@@H](CCCNC(=N)NS(=O)(=O)c1c(C)c(C)c2c(c1C)CCC(C)(C)O2)C(=O)OC(C)(C)C. The maximum atomic E-state index is 13.7. The van der Waals surface area contributed by atoms with Crippen molar-refractivity contribution in [2.24, 2.45) is 0 Å². The molecule has 0 spiro atoms. The van der Waals surface area contributed by atoms with Gasteiger partial charge in [0.2, 0.25) is 11.9 Å². The van der Waals surface area contributed by atoms with Gasteiger partial charge in [-0.3, -0.25) is 10.2 Å². The largest absolute Gasteiger partial charge is 0.487 e. The molecule has 20 nitrogen and oxygen atoms in total. The predicted octanol–water partition coefficient (Wildman–Crippen LogP) is 3.57. The first-order valence-corrected chi connectivity index (χ1v) is 22.0. The zero-order valence-electron chi connectivity index (χ0n) is 37.5. The van der Waals surface area contributed by atoms with Crippen LogP contribution in [0.25, 0.3) is 0 Å². The van der Waals surface area contributed by atoms with Crippen molar-refractivity contribution in [3.05, 3.63) is 47.6 Å². The van der Waals surface area contributed by atoms with E-state index in [9.17, 15) is 37.2 Å². The molecular formula is C42H64N6O14S. The molecule has 0 aromatic heterocycles. The summed E-state index contributed by atoms with van der Waals surface area (Å²) in [6, 6.07) is -2.48. The smallest absolute Gasteiger partial charge is 0.407 e. The van der Waals surface area contributed by atoms with E-state index in [0.29, 0.717) is 41.7 Å². The summed E-state index contributed by atoms with van der Waals surface area (Å²) in [5.74, 6) is -2.75. The number of guanidine groups is 1. The summed E-state index contributed by atoms with van der Waals surface area (Å²) >= 11 is 0. The van der Waals surface area contributed by atoms with Crippen LogP contribution in [0.15, 0.2) is 30.2 Å². The Bertz CT molecular complexity index is 1960. The van der Waals surface area contributed by atoms with Crippen molar-refractivity contribution in [2.75, 3.05) is 39.5 Å². The van der Waals surface area contributed by atoms with Crippen LogP contribution in [0.4, 0.5) is 9.59 Å². The molecule has 1 aromatic carbocycles. The molecule has 0 aliphatic carbocycles. The van der Waals surface area contributed by atoms with Gasteiger partial charge in [0.05, 0.1) is 4.90 Å². The molecule has 2 rings (SSSR count). The Morgan fingerprint density at radius 1 is 0.778 bits per heavy atom. The molecular weight excluding hydrogens is 845 g/mol. The Kier molecular flexibility index (Phi) is 20.9. The number of carbonyl (C=O) groups excluding carboxylic acids is 6. The summed E-state index contributed by atoms with van der Waals surface area (Å²) < 4.78 is 60.9. The van der Waals surface area contributed by atoms with Crippen LogP contribution in [-0.4, -0.2) is 113 Å². The normalized spacial score (nSPS) is 13.8. The Morgan fingerprint density at radius 3 is 1.92 bits per heavy atom. The molecule has 0 fully saturated rings. The topological polar surface area (TPSA) is 276 Å². The van der Waals surface area contributed by atoms with Gasteiger partial charge in [-0.1, -0.05) is 13.2 Å². The fraction of sp³-hybridized carbons (Fsp3) is 0.595. The number of fused-ring (bicyclic) bond motifs is 1. The Balaban J connectivity index is 2.10. The molecule has 0 saturated carbocycles. The predicted molar refractivity (Wildman–Crippen MR) is 231 cm³/mol. The van der Waals surface area contributed by atoms with Crippen molar-refractivity contribution in [2.45, 2.75) is 129 Å². The van der Waals surface area contributed by atoms with Crippen molar-refractivity contribution in [3.63, 3.8) is 0 Å². The van der Waals surface area contributed by atoms with E-state index in [1.807, 2.05) is 20.8 Å². The number of esters is 3. The summed E-state index contributed by atoms with van der Waals surface area (Å²) in [5, 5.41) is 18.7. The van der Waals surface area contributed by atoms with Crippen LogP contribution in [0.2, 0.25) is 0 Å². The van der Waals surface area contributed by atoms with Crippen LogP contribution in [0.3, 0.4) is 0 Å². The fourth-order valence-electron chi connectivity index (χ4n) is 6.23. The number of carbonyl (C=O) groups is 6. The zero-order valence-corrected chi connectivity index (χ0v) is 38.4. The first-order chi connectivity index (χ1) is 29.4. The fourth-order valence-corrected chi connectivity index (χ4v) is 7.75. The summed E-state index contributed by atoms with van der Waals surface area (Å²) in [7, 11) is -4.20. The average Bonchev–Trinajstić information content (AvgIpc) is 3.19. The molecule has 3 amide bonds. The maximum Gasteiger partial charge on any atom is 0.407 e. The van der Waals surface area contributed by atoms with Crippen LogP contribution < -0.4 is 30.7 Å². The van der Waals surface area contributed by atoms with Crippen LogP contribution in [0, 0.1) is 26.2 Å². The minimum Gasteiger partial charge on any atom is -0.487 e. The lowest BCUT2D eigenvalue weighted by Crippen LogP contribution is -2.53. The number of hydrogen-bond acceptors (Lipinski definition) is 15. The van der Waals surface area contributed by atoms with Gasteiger partial charge in [-0.15, -0.1) is 0 Å². The minimum absolute atomic E-state index is 0.0143. The first-order valence-electron chi connectivity index (χ1n) is 20.5. The molecule has 0 radical (unpaired) electrons. The van der Waals surface area contributed by atoms with Gasteiger partial charge in [0.1, 0.15) is 55.5 Å². The Labute approximate surface area is 369 Å². The highest BCUT2D eigenvalue weighted by Gasteiger charge is 2.34. The number of sulfonamides is 1. The average molecular weight is 909 g/mol. The number of nitrogens with one attached hydrogen (secondary N) is 6. The highest BCUT2D eigenvalue weighted by Crippen LogP contribution is 2.42. The molecule has 1 aromatic rings. The van der Waals surface area contributed by atoms with Gasteiger partial charge in [0.25, 0.3) is 10.0 Å². The second-order valence-corrected chi connectivity index (χ2v) is 17.8. The third-order valence-electron chi connectivity index (χ3n) is 9.40. The van der Waals surface area contributed by atoms with E-state index in [2.05, 4.69) is 39.1 Å². The number of amides is 3. The summed E-state index contributed by atoms with van der Waals surface area (Å²) in [6.07, 6.45) is 2.23. The Morgan fingerprint density at radius 2 is 1.33 bits per heavy atom. The molecule has 1 aliphatic rings. The van der Waals surface area contributed by atoms with E-state index in [1.165, 1.54) is 0 Å². The number of unbranched alkanes of at least 4 members (excludes halogenated alkanes) is 1. The molecule has 1 heterocycles. The van der Waals surface area contributed by atoms with Crippen molar-refractivity contribution >= 4 is 52.0 Å². The van der Waals surface area contributed by atoms with Gasteiger partial charge < -0.3 is 49.7 Å². The van der Waals surface area contributed by atoms with Crippen molar-refractivity contribution in [3.8, 4) is 5.75 Å². The van der Waals surface area contributed by atoms with E-state index in [1.54, 1.807) is 34.6 Å².